The molecule has 0 fully saturated rings. The number of nitrogens with one attached hydrogen (secondary N) is 2. The summed E-state index contributed by atoms with van der Waals surface area (Å²) < 4.78 is 4.68. The average molecular weight is 187 g/mol. The molecule has 0 aliphatic rings. The minimum atomic E-state index is -1.48. The molecule has 0 spiro atoms. The molecule has 70 valence electrons. The smallest absolute Gasteiger partial charge is 0.440 e. The van der Waals surface area contributed by atoms with Crippen LogP contribution in [0.3, 0.4) is 0 Å². The van der Waals surface area contributed by atoms with Crippen LogP contribution in [0.25, 0.3) is 0 Å². The largest absolute Gasteiger partial charge is 0.477 e. The number of H-pyrrole nitrogens is 1. The number of carboxylic acids is 1. The summed E-state index contributed by atoms with van der Waals surface area (Å²) in [6.45, 7) is -0.576. The summed E-state index contributed by atoms with van der Waals surface area (Å²) in [6, 6.07) is 0. The lowest BCUT2D eigenvalue weighted by atomic mass is 10.4. The Balaban J connectivity index is 2.93. The molecule has 1 heterocycles. The SMILES string of the molecule is N=C(Cn1oc(=O)[nH]c1=O)C(=O)O. The Morgan fingerprint density at radius 1 is 1.62 bits per heavy atom. The van der Waals surface area contributed by atoms with Crippen LogP contribution in [0.2, 0.25) is 0 Å². The van der Waals surface area contributed by atoms with Gasteiger partial charge in [0, 0.05) is 0 Å². The summed E-state index contributed by atoms with van der Waals surface area (Å²) >= 11 is 0. The Kier molecular flexibility index (Phi) is 2.13. The summed E-state index contributed by atoms with van der Waals surface area (Å²) in [5.41, 5.74) is -1.62. The van der Waals surface area contributed by atoms with Crippen LogP contribution in [0.1, 0.15) is 0 Å². The zero-order valence-electron chi connectivity index (χ0n) is 6.23. The molecular weight excluding hydrogens is 182 g/mol. The molecule has 0 unspecified atom stereocenters. The van der Waals surface area contributed by atoms with Crippen LogP contribution < -0.4 is 11.4 Å². The van der Waals surface area contributed by atoms with E-state index < -0.39 is 29.7 Å². The third-order valence-electron chi connectivity index (χ3n) is 1.19. The van der Waals surface area contributed by atoms with Gasteiger partial charge in [0.2, 0.25) is 0 Å². The van der Waals surface area contributed by atoms with E-state index in [-0.39, 0.29) is 0 Å². The fourth-order valence-corrected chi connectivity index (χ4v) is 0.629. The fourth-order valence-electron chi connectivity index (χ4n) is 0.629. The van der Waals surface area contributed by atoms with Gasteiger partial charge >= 0.3 is 17.4 Å². The van der Waals surface area contributed by atoms with Crippen molar-refractivity contribution in [1.29, 1.82) is 5.41 Å². The van der Waals surface area contributed by atoms with Crippen LogP contribution in [-0.2, 0) is 11.3 Å². The van der Waals surface area contributed by atoms with Gasteiger partial charge in [-0.2, -0.15) is 0 Å². The van der Waals surface area contributed by atoms with Crippen molar-refractivity contribution in [2.45, 2.75) is 6.54 Å². The first kappa shape index (κ1) is 8.97. The van der Waals surface area contributed by atoms with Crippen LogP contribution in [-0.4, -0.2) is 26.5 Å². The minimum Gasteiger partial charge on any atom is -0.477 e. The molecule has 1 aromatic heterocycles. The molecule has 0 aliphatic carbocycles. The number of carbonyl (C=O) groups is 1. The minimum absolute atomic E-state index is 0.457. The van der Waals surface area contributed by atoms with Gasteiger partial charge in [-0.25, -0.2) is 19.4 Å². The molecular formula is C5H5N3O5. The summed E-state index contributed by atoms with van der Waals surface area (Å²) in [5, 5.41) is 15.1. The van der Waals surface area contributed by atoms with E-state index in [1.54, 1.807) is 4.98 Å². The monoisotopic (exact) mass is 187 g/mol. The van der Waals surface area contributed by atoms with Crippen LogP contribution in [0, 0.1) is 5.41 Å². The number of hydrogen-bond acceptors (Lipinski definition) is 5. The second kappa shape index (κ2) is 3.09. The normalized spacial score (nSPS) is 9.85. The Morgan fingerprint density at radius 2 is 2.23 bits per heavy atom. The quantitative estimate of drug-likeness (QED) is 0.482. The van der Waals surface area contributed by atoms with Crippen molar-refractivity contribution in [3.63, 3.8) is 0 Å². The van der Waals surface area contributed by atoms with E-state index in [0.717, 1.165) is 0 Å². The van der Waals surface area contributed by atoms with E-state index in [9.17, 15) is 14.4 Å². The fraction of sp³-hybridized carbons (Fsp3) is 0.200. The highest BCUT2D eigenvalue weighted by Crippen LogP contribution is 1.79. The third kappa shape index (κ3) is 1.92. The van der Waals surface area contributed by atoms with Gasteiger partial charge < -0.3 is 9.63 Å². The number of aliphatic carboxylic acids is 1. The molecule has 3 N–H and O–H groups in total. The number of aromatic amines is 1. The lowest BCUT2D eigenvalue weighted by Crippen LogP contribution is -2.25. The first-order valence-corrected chi connectivity index (χ1v) is 3.12. The average Bonchev–Trinajstić information content (AvgIpc) is 2.30. The van der Waals surface area contributed by atoms with E-state index >= 15 is 0 Å². The Labute approximate surface area is 69.9 Å². The second-order valence-electron chi connectivity index (χ2n) is 2.13. The lowest BCUT2D eigenvalue weighted by Gasteiger charge is -1.94. The van der Waals surface area contributed by atoms with Gasteiger partial charge in [0.1, 0.15) is 12.3 Å². The maximum atomic E-state index is 10.7. The summed E-state index contributed by atoms with van der Waals surface area (Å²) in [7, 11) is 0. The van der Waals surface area contributed by atoms with Crippen molar-refractivity contribution in [3.8, 4) is 0 Å². The van der Waals surface area contributed by atoms with Gasteiger partial charge in [-0.05, 0) is 0 Å². The number of rotatable bonds is 3. The number of nitrogens with zero attached hydrogens (tertiary/aromatic N) is 1. The first-order chi connectivity index (χ1) is 6.00. The predicted octanol–water partition coefficient (Wildman–Crippen LogP) is -1.77. The van der Waals surface area contributed by atoms with Gasteiger partial charge in [-0.15, -0.1) is 4.74 Å². The van der Waals surface area contributed by atoms with Gasteiger partial charge in [-0.3, -0.25) is 5.41 Å². The van der Waals surface area contributed by atoms with Gasteiger partial charge in [0.15, 0.2) is 0 Å². The second-order valence-corrected chi connectivity index (χ2v) is 2.13. The molecule has 0 bridgehead atoms. The van der Waals surface area contributed by atoms with Crippen molar-refractivity contribution in [1.82, 2.24) is 9.72 Å². The van der Waals surface area contributed by atoms with Crippen molar-refractivity contribution in [3.05, 3.63) is 21.0 Å². The third-order valence-corrected chi connectivity index (χ3v) is 1.19. The number of carboxylic acid groups (broad SMARTS) is 1. The molecule has 1 aromatic rings. The molecule has 0 radical (unpaired) electrons. The molecule has 0 saturated heterocycles. The van der Waals surface area contributed by atoms with Crippen LogP contribution in [0.5, 0.6) is 0 Å². The van der Waals surface area contributed by atoms with E-state index in [0.29, 0.717) is 4.74 Å². The van der Waals surface area contributed by atoms with E-state index in [1.807, 2.05) is 0 Å². The molecule has 13 heavy (non-hydrogen) atoms. The van der Waals surface area contributed by atoms with Crippen LogP contribution >= 0.6 is 0 Å². The number of aromatic nitrogens is 2. The van der Waals surface area contributed by atoms with Crippen LogP contribution in [0.4, 0.5) is 0 Å². The van der Waals surface area contributed by atoms with Gasteiger partial charge in [0.25, 0.3) is 0 Å². The maximum Gasteiger partial charge on any atom is 0.440 e. The van der Waals surface area contributed by atoms with Crippen molar-refractivity contribution in [2.75, 3.05) is 0 Å². The van der Waals surface area contributed by atoms with Gasteiger partial charge in [-0.1, -0.05) is 0 Å². The Hall–Kier alpha value is -2.12. The molecule has 0 atom stereocenters. The Morgan fingerprint density at radius 3 is 2.62 bits per heavy atom. The zero-order valence-corrected chi connectivity index (χ0v) is 6.23. The van der Waals surface area contributed by atoms with Crippen molar-refractivity contribution in [2.24, 2.45) is 0 Å². The molecule has 8 heteroatoms. The van der Waals surface area contributed by atoms with E-state index in [1.165, 1.54) is 0 Å². The molecule has 1 rings (SSSR count). The topological polar surface area (TPSA) is 129 Å². The highest BCUT2D eigenvalue weighted by atomic mass is 16.5. The van der Waals surface area contributed by atoms with Crippen LogP contribution in [0.15, 0.2) is 14.1 Å². The molecule has 8 nitrogen and oxygen atoms in total. The lowest BCUT2D eigenvalue weighted by molar-refractivity contribution is -0.129. The molecule has 0 saturated carbocycles. The highest BCUT2D eigenvalue weighted by molar-refractivity contribution is 6.33. The van der Waals surface area contributed by atoms with E-state index in [2.05, 4.69) is 4.52 Å². The summed E-state index contributed by atoms with van der Waals surface area (Å²) in [4.78, 5) is 33.0. The molecule has 0 aromatic carbocycles. The van der Waals surface area contributed by atoms with Crippen molar-refractivity contribution < 1.29 is 14.4 Å². The predicted molar refractivity (Wildman–Crippen MR) is 39.0 cm³/mol. The zero-order chi connectivity index (χ0) is 10.0. The number of hydrogen-bond donors (Lipinski definition) is 3. The summed E-state index contributed by atoms with van der Waals surface area (Å²) in [5.74, 6) is -2.46. The Bertz CT molecular complexity index is 449. The standard InChI is InChI=1S/C5H5N3O5/c6-2(3(9)10)1-8-4(11)7-5(12)13-8/h6H,1H2,(H,9,10)(H,7,11,12). The van der Waals surface area contributed by atoms with Gasteiger partial charge in [0.05, 0.1) is 0 Å². The summed E-state index contributed by atoms with van der Waals surface area (Å²) in [6.07, 6.45) is 0. The van der Waals surface area contributed by atoms with Crippen molar-refractivity contribution >= 4 is 11.7 Å². The molecule has 0 aliphatic heterocycles. The first-order valence-electron chi connectivity index (χ1n) is 3.12. The molecule has 0 amide bonds. The maximum absolute atomic E-state index is 10.7. The van der Waals surface area contributed by atoms with E-state index in [4.69, 9.17) is 10.5 Å². The highest BCUT2D eigenvalue weighted by Gasteiger charge is 2.11.